The molecule has 1 amide bonds. The molecule has 1 aromatic heterocycles. The molecule has 0 saturated carbocycles. The monoisotopic (exact) mass is 386 g/mol. The molecule has 0 saturated heterocycles. The van der Waals surface area contributed by atoms with Gasteiger partial charge in [-0.05, 0) is 35.8 Å². The van der Waals surface area contributed by atoms with Crippen LogP contribution in [0.2, 0.25) is 0 Å². The zero-order valence-electron chi connectivity index (χ0n) is 14.9. The molecule has 0 fully saturated rings. The van der Waals surface area contributed by atoms with Crippen LogP contribution < -0.4 is 10.9 Å². The molecule has 0 aliphatic rings. The second-order valence-corrected chi connectivity index (χ2v) is 5.89. The van der Waals surface area contributed by atoms with Crippen LogP contribution in [0.3, 0.4) is 0 Å². The highest BCUT2D eigenvalue weighted by Gasteiger charge is 2.15. The summed E-state index contributed by atoms with van der Waals surface area (Å²) in [5.41, 5.74) is 0.221. The molecule has 6 nitrogen and oxygen atoms in total. The number of rotatable bonds is 5. The minimum atomic E-state index is -1.10. The lowest BCUT2D eigenvalue weighted by Gasteiger charge is -2.07. The van der Waals surface area contributed by atoms with Crippen LogP contribution in [-0.4, -0.2) is 11.9 Å². The predicted octanol–water partition coefficient (Wildman–Crippen LogP) is 4.12. The normalized spacial score (nSPS) is 11.5. The average molecular weight is 386 g/mol. The number of carbonyl (C=O) groups is 2. The number of halogens is 2. The van der Waals surface area contributed by atoms with Crippen LogP contribution >= 0.6 is 0 Å². The van der Waals surface area contributed by atoms with Crippen LogP contribution in [0.15, 0.2) is 58.1 Å². The number of hydrogen-bond donors (Lipinski definition) is 1. The summed E-state index contributed by atoms with van der Waals surface area (Å²) in [7, 11) is 0. The van der Waals surface area contributed by atoms with E-state index >= 15 is 0 Å². The van der Waals surface area contributed by atoms with Crippen LogP contribution in [0.25, 0.3) is 11.0 Å². The van der Waals surface area contributed by atoms with Crippen LogP contribution in [0.5, 0.6) is 0 Å². The van der Waals surface area contributed by atoms with E-state index in [1.807, 2.05) is 6.92 Å². The maximum absolute atomic E-state index is 13.4. The quantitative estimate of drug-likeness (QED) is 0.528. The molecular weight excluding hydrogens is 370 g/mol. The summed E-state index contributed by atoms with van der Waals surface area (Å²) >= 11 is 0. The van der Waals surface area contributed by atoms with E-state index in [1.165, 1.54) is 12.1 Å². The molecule has 0 radical (unpaired) electrons. The highest BCUT2D eigenvalue weighted by molar-refractivity contribution is 6.05. The molecule has 0 atom stereocenters. The van der Waals surface area contributed by atoms with Gasteiger partial charge in [0.1, 0.15) is 11.1 Å². The van der Waals surface area contributed by atoms with Crippen molar-refractivity contribution in [1.29, 1.82) is 0 Å². The van der Waals surface area contributed by atoms with Gasteiger partial charge in [0.25, 0.3) is 11.5 Å². The van der Waals surface area contributed by atoms with Crippen molar-refractivity contribution in [1.82, 2.24) is 0 Å². The van der Waals surface area contributed by atoms with Gasteiger partial charge < -0.3 is 14.6 Å². The summed E-state index contributed by atoms with van der Waals surface area (Å²) in [4.78, 5) is 29.0. The van der Waals surface area contributed by atoms with Gasteiger partial charge in [0.15, 0.2) is 11.6 Å². The summed E-state index contributed by atoms with van der Waals surface area (Å²) in [5, 5.41) is 6.70. The Balaban J connectivity index is 2.00. The standard InChI is InChI=1S/C20H16F2N2O4/c1-2-5-18(25)28-24-20-14(10-12-6-3-4-7-17(12)27-20)19(26)23-13-8-9-15(21)16(22)11-13/h3-4,6-11H,2,5H2,1H3,(H,23,26)/b24-20+. The van der Waals surface area contributed by atoms with Crippen LogP contribution in [0.4, 0.5) is 14.5 Å². The van der Waals surface area contributed by atoms with Gasteiger partial charge in [-0.3, -0.25) is 4.79 Å². The van der Waals surface area contributed by atoms with Gasteiger partial charge in [-0.2, -0.15) is 0 Å². The number of nitrogens with one attached hydrogen (secondary N) is 1. The minimum absolute atomic E-state index is 0.0345. The molecule has 3 aromatic rings. The molecule has 144 valence electrons. The van der Waals surface area contributed by atoms with E-state index in [0.717, 1.165) is 12.1 Å². The van der Waals surface area contributed by atoms with E-state index in [1.54, 1.807) is 24.3 Å². The molecule has 0 spiro atoms. The maximum Gasteiger partial charge on any atom is 0.335 e. The van der Waals surface area contributed by atoms with E-state index in [0.29, 0.717) is 17.4 Å². The molecule has 0 unspecified atom stereocenters. The summed E-state index contributed by atoms with van der Waals surface area (Å²) in [6, 6.07) is 11.3. The Hall–Kier alpha value is -3.55. The Morgan fingerprint density at radius 2 is 1.89 bits per heavy atom. The third kappa shape index (κ3) is 4.40. The second kappa shape index (κ2) is 8.43. The number of carbonyl (C=O) groups excluding carboxylic acids is 2. The second-order valence-electron chi connectivity index (χ2n) is 5.89. The summed E-state index contributed by atoms with van der Waals surface area (Å²) in [5.74, 6) is -3.39. The topological polar surface area (TPSA) is 80.9 Å². The van der Waals surface area contributed by atoms with Crippen molar-refractivity contribution in [2.75, 3.05) is 5.32 Å². The first-order valence-electron chi connectivity index (χ1n) is 8.51. The lowest BCUT2D eigenvalue weighted by Crippen LogP contribution is -2.22. The largest absolute Gasteiger partial charge is 0.435 e. The Kier molecular flexibility index (Phi) is 5.78. The first-order chi connectivity index (χ1) is 13.5. The minimum Gasteiger partial charge on any atom is -0.435 e. The van der Waals surface area contributed by atoms with E-state index in [2.05, 4.69) is 10.5 Å². The number of amides is 1. The van der Waals surface area contributed by atoms with Gasteiger partial charge >= 0.3 is 5.97 Å². The third-order valence-corrected chi connectivity index (χ3v) is 3.76. The number of benzene rings is 2. The Morgan fingerprint density at radius 1 is 1.11 bits per heavy atom. The maximum atomic E-state index is 13.4. The number of para-hydroxylation sites is 1. The first-order valence-corrected chi connectivity index (χ1v) is 8.51. The molecule has 28 heavy (non-hydrogen) atoms. The highest BCUT2D eigenvalue weighted by atomic mass is 19.2. The lowest BCUT2D eigenvalue weighted by atomic mass is 10.1. The van der Waals surface area contributed by atoms with Crippen molar-refractivity contribution in [2.24, 2.45) is 5.16 Å². The average Bonchev–Trinajstić information content (AvgIpc) is 2.68. The molecule has 0 aliphatic heterocycles. The zero-order valence-corrected chi connectivity index (χ0v) is 14.9. The highest BCUT2D eigenvalue weighted by Crippen LogP contribution is 2.16. The van der Waals surface area contributed by atoms with E-state index in [-0.39, 0.29) is 23.2 Å². The molecular formula is C20H16F2N2O4. The van der Waals surface area contributed by atoms with Crippen LogP contribution in [0, 0.1) is 11.6 Å². The first kappa shape index (κ1) is 19.2. The van der Waals surface area contributed by atoms with Crippen molar-refractivity contribution in [3.8, 4) is 0 Å². The van der Waals surface area contributed by atoms with Gasteiger partial charge in [0, 0.05) is 23.6 Å². The Morgan fingerprint density at radius 3 is 2.64 bits per heavy atom. The van der Waals surface area contributed by atoms with Crippen molar-refractivity contribution >= 4 is 28.5 Å². The fourth-order valence-corrected chi connectivity index (χ4v) is 2.41. The number of nitrogens with zero attached hydrogens (tertiary/aromatic N) is 1. The molecule has 0 bridgehead atoms. The van der Waals surface area contributed by atoms with Crippen LogP contribution in [-0.2, 0) is 9.63 Å². The predicted molar refractivity (Wildman–Crippen MR) is 97.1 cm³/mol. The van der Waals surface area contributed by atoms with Gasteiger partial charge in [0.2, 0.25) is 0 Å². The zero-order chi connectivity index (χ0) is 20.1. The fourth-order valence-electron chi connectivity index (χ4n) is 2.41. The number of anilines is 1. The molecule has 1 N–H and O–H groups in total. The Labute approximate surface area is 158 Å². The van der Waals surface area contributed by atoms with Crippen LogP contribution in [0.1, 0.15) is 30.1 Å². The van der Waals surface area contributed by atoms with Gasteiger partial charge in [-0.15, -0.1) is 0 Å². The third-order valence-electron chi connectivity index (χ3n) is 3.76. The fraction of sp³-hybridized carbons (Fsp3) is 0.150. The molecule has 1 heterocycles. The molecule has 0 aliphatic carbocycles. The molecule has 3 rings (SSSR count). The lowest BCUT2D eigenvalue weighted by molar-refractivity contribution is -0.144. The SMILES string of the molecule is CCCC(=O)O/N=c1/oc2ccccc2cc1C(=O)Nc1ccc(F)c(F)c1. The Bertz CT molecular complexity index is 1110. The number of hydrogen-bond acceptors (Lipinski definition) is 5. The van der Waals surface area contributed by atoms with E-state index < -0.39 is 23.5 Å². The van der Waals surface area contributed by atoms with Crippen molar-refractivity contribution < 1.29 is 27.6 Å². The van der Waals surface area contributed by atoms with Gasteiger partial charge in [-0.25, -0.2) is 13.6 Å². The summed E-state index contributed by atoms with van der Waals surface area (Å²) in [6.07, 6.45) is 0.736. The molecule has 2 aromatic carbocycles. The van der Waals surface area contributed by atoms with Crippen molar-refractivity contribution in [3.05, 3.63) is 71.3 Å². The molecule has 8 heteroatoms. The van der Waals surface area contributed by atoms with E-state index in [4.69, 9.17) is 9.25 Å². The van der Waals surface area contributed by atoms with Gasteiger partial charge in [0.05, 0.1) is 0 Å². The smallest absolute Gasteiger partial charge is 0.335 e. The van der Waals surface area contributed by atoms with Gasteiger partial charge in [-0.1, -0.05) is 25.1 Å². The summed E-state index contributed by atoms with van der Waals surface area (Å²) in [6.45, 7) is 1.81. The summed E-state index contributed by atoms with van der Waals surface area (Å²) < 4.78 is 32.0. The number of fused-ring (bicyclic) bond motifs is 1. The van der Waals surface area contributed by atoms with E-state index in [9.17, 15) is 18.4 Å². The van der Waals surface area contributed by atoms with Crippen molar-refractivity contribution in [3.63, 3.8) is 0 Å². The van der Waals surface area contributed by atoms with Crippen molar-refractivity contribution in [2.45, 2.75) is 19.8 Å².